The van der Waals surface area contributed by atoms with Crippen LogP contribution in [0.4, 0.5) is 0 Å². The van der Waals surface area contributed by atoms with E-state index in [-0.39, 0.29) is 5.44 Å². The number of carbonyl (C=O) groups is 1. The summed E-state index contributed by atoms with van der Waals surface area (Å²) in [5, 5.41) is 19.4. The third-order valence-corrected chi connectivity index (χ3v) is 2.41. The van der Waals surface area contributed by atoms with E-state index in [1.807, 2.05) is 0 Å². The number of aliphatic hydroxyl groups excluding tert-OH is 1. The van der Waals surface area contributed by atoms with Gasteiger partial charge < -0.3 is 19.7 Å². The lowest BCUT2D eigenvalue weighted by atomic mass is 10.2. The number of carboxylic acids is 1. The molecular weight excluding hydrogens is 168 g/mol. The van der Waals surface area contributed by atoms with E-state index in [1.165, 1.54) is 11.8 Å². The van der Waals surface area contributed by atoms with E-state index in [1.54, 1.807) is 6.26 Å². The molecule has 0 aromatic heterocycles. The number of carbonyl (C=O) groups excluding carboxylic acids is 1. The Morgan fingerprint density at radius 3 is 2.73 bits per heavy atom. The van der Waals surface area contributed by atoms with Crippen LogP contribution in [0.1, 0.15) is 6.42 Å². The lowest BCUT2D eigenvalue weighted by molar-refractivity contribution is -0.317. The van der Waals surface area contributed by atoms with Gasteiger partial charge in [0.25, 0.3) is 0 Å². The smallest absolute Gasteiger partial charge is 0.124 e. The molecule has 0 spiro atoms. The average Bonchev–Trinajstić information content (AvgIpc) is 2.30. The number of rotatable bonds is 2. The standard InChI is InChI=1S/C6H10O4S/c1-11-4-2-3(7)5(10-4)6(8)9/h3-5,7H,2H2,1H3,(H,8,9)/p-1. The van der Waals surface area contributed by atoms with Crippen LogP contribution in [0.3, 0.4) is 0 Å². The number of thioether (sulfide) groups is 1. The van der Waals surface area contributed by atoms with Crippen molar-refractivity contribution in [2.75, 3.05) is 6.26 Å². The summed E-state index contributed by atoms with van der Waals surface area (Å²) in [5.41, 5.74) is -0.215. The molecule has 1 fully saturated rings. The molecular formula is C6H9O4S-. The van der Waals surface area contributed by atoms with E-state index in [9.17, 15) is 9.90 Å². The second-order valence-corrected chi connectivity index (χ2v) is 3.34. The van der Waals surface area contributed by atoms with E-state index in [4.69, 9.17) is 9.84 Å². The van der Waals surface area contributed by atoms with Crippen LogP contribution >= 0.6 is 11.8 Å². The maximum atomic E-state index is 10.3. The van der Waals surface area contributed by atoms with E-state index in [0.717, 1.165) is 0 Å². The van der Waals surface area contributed by atoms with Crippen LogP contribution in [0.2, 0.25) is 0 Å². The summed E-state index contributed by atoms with van der Waals surface area (Å²) in [6.45, 7) is 0. The maximum Gasteiger partial charge on any atom is 0.124 e. The Balaban J connectivity index is 2.51. The monoisotopic (exact) mass is 177 g/mol. The Morgan fingerprint density at radius 1 is 1.82 bits per heavy atom. The van der Waals surface area contributed by atoms with Gasteiger partial charge in [-0.3, -0.25) is 0 Å². The summed E-state index contributed by atoms with van der Waals surface area (Å²) in [6.07, 6.45) is 0.0967. The van der Waals surface area contributed by atoms with Crippen LogP contribution in [-0.4, -0.2) is 35.0 Å². The summed E-state index contributed by atoms with van der Waals surface area (Å²) in [5.74, 6) is -1.34. The van der Waals surface area contributed by atoms with Crippen molar-refractivity contribution in [3.8, 4) is 0 Å². The second kappa shape index (κ2) is 3.42. The minimum atomic E-state index is -1.34. The Kier molecular flexibility index (Phi) is 2.75. The lowest BCUT2D eigenvalue weighted by Crippen LogP contribution is -2.41. The molecule has 1 aliphatic rings. The van der Waals surface area contributed by atoms with Crippen LogP contribution in [0.5, 0.6) is 0 Å². The average molecular weight is 177 g/mol. The van der Waals surface area contributed by atoms with Crippen molar-refractivity contribution in [1.29, 1.82) is 0 Å². The Morgan fingerprint density at radius 2 is 2.45 bits per heavy atom. The number of aliphatic hydroxyl groups is 1. The molecule has 0 aromatic carbocycles. The van der Waals surface area contributed by atoms with E-state index < -0.39 is 18.2 Å². The molecule has 1 N–H and O–H groups in total. The number of hydrogen-bond donors (Lipinski definition) is 1. The van der Waals surface area contributed by atoms with E-state index in [2.05, 4.69) is 0 Å². The maximum absolute atomic E-state index is 10.3. The minimum absolute atomic E-state index is 0.215. The molecule has 3 atom stereocenters. The van der Waals surface area contributed by atoms with Crippen molar-refractivity contribution >= 4 is 17.7 Å². The number of carboxylic acid groups (broad SMARTS) is 1. The molecule has 11 heavy (non-hydrogen) atoms. The SMILES string of the molecule is CSC1CC(O)C(C(=O)[O-])O1. The first-order chi connectivity index (χ1) is 5.15. The van der Waals surface area contributed by atoms with Gasteiger partial charge in [-0.25, -0.2) is 0 Å². The molecule has 0 amide bonds. The fraction of sp³-hybridized carbons (Fsp3) is 0.833. The summed E-state index contributed by atoms with van der Waals surface area (Å²) in [6, 6.07) is 0. The summed E-state index contributed by atoms with van der Waals surface area (Å²) in [4.78, 5) is 10.3. The molecule has 0 bridgehead atoms. The third-order valence-electron chi connectivity index (χ3n) is 1.58. The van der Waals surface area contributed by atoms with Crippen LogP contribution in [-0.2, 0) is 9.53 Å². The van der Waals surface area contributed by atoms with Crippen LogP contribution in [0, 0.1) is 0 Å². The van der Waals surface area contributed by atoms with Crippen molar-refractivity contribution in [2.24, 2.45) is 0 Å². The summed E-state index contributed by atoms with van der Waals surface area (Å²) >= 11 is 1.38. The Hall–Kier alpha value is -0.260. The van der Waals surface area contributed by atoms with E-state index >= 15 is 0 Å². The van der Waals surface area contributed by atoms with Gasteiger partial charge in [0.05, 0.1) is 12.1 Å². The largest absolute Gasteiger partial charge is 0.547 e. The van der Waals surface area contributed by atoms with Crippen LogP contribution in [0.25, 0.3) is 0 Å². The minimum Gasteiger partial charge on any atom is -0.547 e. The van der Waals surface area contributed by atoms with Crippen LogP contribution < -0.4 is 5.11 Å². The molecule has 3 unspecified atom stereocenters. The fourth-order valence-corrected chi connectivity index (χ4v) is 1.62. The highest BCUT2D eigenvalue weighted by Gasteiger charge is 2.34. The first-order valence-electron chi connectivity index (χ1n) is 3.22. The zero-order valence-corrected chi connectivity index (χ0v) is 6.84. The van der Waals surface area contributed by atoms with Gasteiger partial charge in [-0.05, 0) is 6.26 Å². The molecule has 1 saturated heterocycles. The van der Waals surface area contributed by atoms with Gasteiger partial charge in [0.15, 0.2) is 0 Å². The third kappa shape index (κ3) is 1.85. The highest BCUT2D eigenvalue weighted by Crippen LogP contribution is 2.26. The molecule has 0 aromatic rings. The predicted octanol–water partition coefficient (Wildman–Crippen LogP) is -1.42. The highest BCUT2D eigenvalue weighted by atomic mass is 32.2. The molecule has 1 aliphatic heterocycles. The predicted molar refractivity (Wildman–Crippen MR) is 37.8 cm³/mol. The molecule has 5 heteroatoms. The second-order valence-electron chi connectivity index (χ2n) is 2.34. The van der Waals surface area contributed by atoms with Gasteiger partial charge in [0.2, 0.25) is 0 Å². The molecule has 1 heterocycles. The van der Waals surface area contributed by atoms with Gasteiger partial charge in [-0.1, -0.05) is 0 Å². The Bertz CT molecular complexity index is 161. The lowest BCUT2D eigenvalue weighted by Gasteiger charge is -2.14. The van der Waals surface area contributed by atoms with Crippen molar-refractivity contribution in [1.82, 2.24) is 0 Å². The highest BCUT2D eigenvalue weighted by molar-refractivity contribution is 7.99. The Labute approximate surface area is 68.5 Å². The van der Waals surface area contributed by atoms with Gasteiger partial charge >= 0.3 is 0 Å². The molecule has 1 rings (SSSR count). The quantitative estimate of drug-likeness (QED) is 0.560. The van der Waals surface area contributed by atoms with Gasteiger partial charge in [0.1, 0.15) is 11.5 Å². The topological polar surface area (TPSA) is 69.6 Å². The zero-order chi connectivity index (χ0) is 8.43. The summed E-state index contributed by atoms with van der Waals surface area (Å²) in [7, 11) is 0. The zero-order valence-electron chi connectivity index (χ0n) is 6.02. The number of ether oxygens (including phenoxy) is 1. The van der Waals surface area contributed by atoms with E-state index in [0.29, 0.717) is 6.42 Å². The first kappa shape index (κ1) is 8.83. The van der Waals surface area contributed by atoms with Crippen molar-refractivity contribution < 1.29 is 19.7 Å². The number of aliphatic carboxylic acids is 1. The molecule has 0 aliphatic carbocycles. The summed E-state index contributed by atoms with van der Waals surface area (Å²) < 4.78 is 4.94. The van der Waals surface area contributed by atoms with Gasteiger partial charge in [0, 0.05) is 6.42 Å². The van der Waals surface area contributed by atoms with Gasteiger partial charge in [-0.2, -0.15) is 0 Å². The molecule has 4 nitrogen and oxygen atoms in total. The van der Waals surface area contributed by atoms with Crippen molar-refractivity contribution in [2.45, 2.75) is 24.1 Å². The van der Waals surface area contributed by atoms with Gasteiger partial charge in [-0.15, -0.1) is 11.8 Å². The fourth-order valence-electron chi connectivity index (χ4n) is 0.995. The normalized spacial score (nSPS) is 37.5. The number of hydrogen-bond acceptors (Lipinski definition) is 5. The van der Waals surface area contributed by atoms with Crippen molar-refractivity contribution in [3.63, 3.8) is 0 Å². The van der Waals surface area contributed by atoms with Crippen LogP contribution in [0.15, 0.2) is 0 Å². The molecule has 0 radical (unpaired) electrons. The molecule has 64 valence electrons. The first-order valence-corrected chi connectivity index (χ1v) is 4.51. The molecule has 0 saturated carbocycles. The van der Waals surface area contributed by atoms with Crippen molar-refractivity contribution in [3.05, 3.63) is 0 Å².